The third-order valence-corrected chi connectivity index (χ3v) is 4.12. The third-order valence-electron chi connectivity index (χ3n) is 4.12. The summed E-state index contributed by atoms with van der Waals surface area (Å²) in [4.78, 5) is 33.3. The van der Waals surface area contributed by atoms with Gasteiger partial charge in [0.05, 0.1) is 21.5 Å². The number of rotatable bonds is 3. The van der Waals surface area contributed by atoms with E-state index in [1.165, 1.54) is 0 Å². The SMILES string of the molecule is Cc1ccc(C2(C)NC(=O)c3cc([N+](=O)[O-])cc([N+](=O)[O-])c3N2)cc1. The highest BCUT2D eigenvalue weighted by Crippen LogP contribution is 2.39. The Bertz CT molecular complexity index is 892. The van der Waals surface area contributed by atoms with E-state index in [4.69, 9.17) is 0 Å². The molecule has 0 spiro atoms. The Kier molecular flexibility index (Phi) is 3.63. The minimum absolute atomic E-state index is 0.0394. The van der Waals surface area contributed by atoms with Gasteiger partial charge in [-0.3, -0.25) is 25.0 Å². The Labute approximate surface area is 142 Å². The Morgan fingerprint density at radius 3 is 2.20 bits per heavy atom. The Morgan fingerprint density at radius 2 is 1.64 bits per heavy atom. The van der Waals surface area contributed by atoms with Crippen molar-refractivity contribution in [2.45, 2.75) is 19.5 Å². The third kappa shape index (κ3) is 2.75. The number of carbonyl (C=O) groups excluding carboxylic acids is 1. The van der Waals surface area contributed by atoms with Crippen LogP contribution in [0, 0.1) is 27.2 Å². The first-order valence-corrected chi connectivity index (χ1v) is 7.36. The summed E-state index contributed by atoms with van der Waals surface area (Å²) in [5.74, 6) is -0.622. The molecular weight excluding hydrogens is 328 g/mol. The number of hydrogen-bond donors (Lipinski definition) is 2. The summed E-state index contributed by atoms with van der Waals surface area (Å²) >= 11 is 0. The molecule has 25 heavy (non-hydrogen) atoms. The van der Waals surface area contributed by atoms with E-state index >= 15 is 0 Å². The van der Waals surface area contributed by atoms with Gasteiger partial charge in [-0.1, -0.05) is 29.8 Å². The maximum atomic E-state index is 12.5. The molecular formula is C16H14N4O5. The van der Waals surface area contributed by atoms with Gasteiger partial charge in [0.25, 0.3) is 17.3 Å². The molecule has 9 nitrogen and oxygen atoms in total. The van der Waals surface area contributed by atoms with Crippen LogP contribution in [0.3, 0.4) is 0 Å². The molecule has 1 aliphatic rings. The topological polar surface area (TPSA) is 127 Å². The monoisotopic (exact) mass is 342 g/mol. The van der Waals surface area contributed by atoms with E-state index in [0.717, 1.165) is 17.7 Å². The smallest absolute Gasteiger partial charge is 0.300 e. The van der Waals surface area contributed by atoms with Crippen molar-refractivity contribution in [3.8, 4) is 0 Å². The summed E-state index contributed by atoms with van der Waals surface area (Å²) in [7, 11) is 0. The number of carbonyl (C=O) groups is 1. The van der Waals surface area contributed by atoms with Gasteiger partial charge in [0, 0.05) is 6.07 Å². The summed E-state index contributed by atoms with van der Waals surface area (Å²) in [5, 5.41) is 28.0. The van der Waals surface area contributed by atoms with Crippen LogP contribution in [0.4, 0.5) is 17.1 Å². The van der Waals surface area contributed by atoms with Crippen LogP contribution in [0.1, 0.15) is 28.4 Å². The first-order valence-electron chi connectivity index (χ1n) is 7.36. The Morgan fingerprint density at radius 1 is 1.00 bits per heavy atom. The van der Waals surface area contributed by atoms with Crippen LogP contribution in [0.15, 0.2) is 36.4 Å². The molecule has 0 saturated heterocycles. The number of amides is 1. The van der Waals surface area contributed by atoms with Gasteiger partial charge in [-0.05, 0) is 19.4 Å². The van der Waals surface area contributed by atoms with E-state index in [1.807, 2.05) is 19.1 Å². The van der Waals surface area contributed by atoms with Crippen LogP contribution in [-0.4, -0.2) is 15.8 Å². The van der Waals surface area contributed by atoms with E-state index in [2.05, 4.69) is 10.6 Å². The summed E-state index contributed by atoms with van der Waals surface area (Å²) in [6.45, 7) is 3.59. The van der Waals surface area contributed by atoms with Crippen LogP contribution in [0.2, 0.25) is 0 Å². The Balaban J connectivity index is 2.16. The summed E-state index contributed by atoms with van der Waals surface area (Å²) in [5.41, 5.74) is -0.563. The molecule has 0 aromatic heterocycles. The number of fused-ring (bicyclic) bond motifs is 1. The predicted octanol–water partition coefficient (Wildman–Crippen LogP) is 2.84. The lowest BCUT2D eigenvalue weighted by Crippen LogP contribution is -2.53. The standard InChI is InChI=1S/C16H14N4O5/c1-9-3-5-10(6-4-9)16(2)17-14-12(15(21)18-16)7-11(19(22)23)8-13(14)20(24)25/h3-8,17H,1-2H3,(H,18,21). The van der Waals surface area contributed by atoms with Gasteiger partial charge in [0.1, 0.15) is 11.4 Å². The molecule has 1 unspecified atom stereocenters. The summed E-state index contributed by atoms with van der Waals surface area (Å²) < 4.78 is 0. The molecule has 2 aromatic rings. The van der Waals surface area contributed by atoms with E-state index in [1.54, 1.807) is 19.1 Å². The molecule has 0 radical (unpaired) electrons. The van der Waals surface area contributed by atoms with E-state index in [9.17, 15) is 25.0 Å². The number of non-ortho nitro benzene ring substituents is 1. The summed E-state index contributed by atoms with van der Waals surface area (Å²) in [6, 6.07) is 9.18. The van der Waals surface area contributed by atoms with Crippen molar-refractivity contribution in [3.05, 3.63) is 73.3 Å². The number of nitrogens with one attached hydrogen (secondary N) is 2. The van der Waals surface area contributed by atoms with E-state index in [0.29, 0.717) is 5.56 Å². The molecule has 1 aliphatic heterocycles. The molecule has 1 heterocycles. The highest BCUT2D eigenvalue weighted by Gasteiger charge is 2.40. The normalized spacial score (nSPS) is 18.7. The highest BCUT2D eigenvalue weighted by molar-refractivity contribution is 6.05. The molecule has 1 atom stereocenters. The minimum Gasteiger partial charge on any atom is -0.353 e. The van der Waals surface area contributed by atoms with E-state index < -0.39 is 32.8 Å². The summed E-state index contributed by atoms with van der Waals surface area (Å²) in [6.07, 6.45) is 0. The van der Waals surface area contributed by atoms with Crippen LogP contribution < -0.4 is 10.6 Å². The average molecular weight is 342 g/mol. The molecule has 1 amide bonds. The van der Waals surface area contributed by atoms with Crippen LogP contribution in [0.25, 0.3) is 0 Å². The van der Waals surface area contributed by atoms with Crippen LogP contribution >= 0.6 is 0 Å². The maximum absolute atomic E-state index is 12.5. The number of nitro groups is 2. The minimum atomic E-state index is -1.08. The highest BCUT2D eigenvalue weighted by atomic mass is 16.6. The Hall–Kier alpha value is -3.49. The average Bonchev–Trinajstić information content (AvgIpc) is 2.54. The zero-order chi connectivity index (χ0) is 18.4. The fourth-order valence-electron chi connectivity index (χ4n) is 2.78. The molecule has 0 saturated carbocycles. The lowest BCUT2D eigenvalue weighted by molar-refractivity contribution is -0.393. The first-order chi connectivity index (χ1) is 11.7. The quantitative estimate of drug-likeness (QED) is 0.652. The fourth-order valence-corrected chi connectivity index (χ4v) is 2.78. The first kappa shape index (κ1) is 16.4. The largest absolute Gasteiger partial charge is 0.353 e. The number of benzene rings is 2. The zero-order valence-corrected chi connectivity index (χ0v) is 13.4. The number of aryl methyl sites for hydroxylation is 1. The van der Waals surface area contributed by atoms with Gasteiger partial charge in [0.2, 0.25) is 0 Å². The molecule has 0 aliphatic carbocycles. The van der Waals surface area contributed by atoms with Crippen molar-refractivity contribution in [3.63, 3.8) is 0 Å². The molecule has 128 valence electrons. The zero-order valence-electron chi connectivity index (χ0n) is 13.4. The van der Waals surface area contributed by atoms with Gasteiger partial charge in [-0.25, -0.2) is 0 Å². The number of nitro benzene ring substituents is 2. The molecule has 3 rings (SSSR count). The van der Waals surface area contributed by atoms with Crippen molar-refractivity contribution in [2.24, 2.45) is 0 Å². The van der Waals surface area contributed by atoms with Crippen LogP contribution in [0.5, 0.6) is 0 Å². The van der Waals surface area contributed by atoms with Gasteiger partial charge in [-0.2, -0.15) is 0 Å². The predicted molar refractivity (Wildman–Crippen MR) is 89.4 cm³/mol. The van der Waals surface area contributed by atoms with Gasteiger partial charge in [-0.15, -0.1) is 0 Å². The van der Waals surface area contributed by atoms with Crippen molar-refractivity contribution < 1.29 is 14.6 Å². The van der Waals surface area contributed by atoms with Crippen molar-refractivity contribution in [1.82, 2.24) is 5.32 Å². The number of hydrogen-bond acceptors (Lipinski definition) is 6. The van der Waals surface area contributed by atoms with Gasteiger partial charge >= 0.3 is 0 Å². The van der Waals surface area contributed by atoms with Crippen molar-refractivity contribution >= 4 is 23.0 Å². The molecule has 9 heteroatoms. The molecule has 2 N–H and O–H groups in total. The van der Waals surface area contributed by atoms with Gasteiger partial charge in [0.15, 0.2) is 0 Å². The fraction of sp³-hybridized carbons (Fsp3) is 0.188. The van der Waals surface area contributed by atoms with Crippen molar-refractivity contribution in [2.75, 3.05) is 5.32 Å². The second kappa shape index (κ2) is 5.55. The maximum Gasteiger partial charge on any atom is 0.300 e. The molecule has 0 fully saturated rings. The second-order valence-electron chi connectivity index (χ2n) is 5.97. The second-order valence-corrected chi connectivity index (χ2v) is 5.97. The molecule has 0 bridgehead atoms. The van der Waals surface area contributed by atoms with Crippen LogP contribution in [-0.2, 0) is 5.66 Å². The van der Waals surface area contributed by atoms with E-state index in [-0.39, 0.29) is 11.3 Å². The lowest BCUT2D eigenvalue weighted by Gasteiger charge is -2.37. The lowest BCUT2D eigenvalue weighted by atomic mass is 9.94. The van der Waals surface area contributed by atoms with Gasteiger partial charge < -0.3 is 10.6 Å². The number of anilines is 1. The molecule has 2 aromatic carbocycles. The van der Waals surface area contributed by atoms with Crippen molar-refractivity contribution in [1.29, 1.82) is 0 Å². The number of nitrogens with zero attached hydrogens (tertiary/aromatic N) is 2.